The molecular weight excluding hydrogens is 456 g/mol. The summed E-state index contributed by atoms with van der Waals surface area (Å²) in [4.78, 5) is 66.3. The van der Waals surface area contributed by atoms with Crippen molar-refractivity contribution in [2.75, 3.05) is 14.1 Å². The lowest BCUT2D eigenvalue weighted by Crippen LogP contribution is -3.00. The van der Waals surface area contributed by atoms with E-state index in [4.69, 9.17) is 5.73 Å². The molecule has 3 aliphatic rings. The second-order valence-corrected chi connectivity index (χ2v) is 9.11. The number of aliphatic hydroxyl groups is 2. The molecule has 1 aromatic rings. The van der Waals surface area contributed by atoms with E-state index in [-0.39, 0.29) is 23.7 Å². The Morgan fingerprint density at radius 3 is 2.27 bits per heavy atom. The third-order valence-electron chi connectivity index (χ3n) is 7.35. The SMILES string of the molecule is CC1c2cccc(O)c2C(=O)C2C(=O)C3(O)C(=O)C(C(N)=O)C(=O)C(N(C)C)C3C(O)C21.[Cl-]. The molecule has 8 atom stereocenters. The Labute approximate surface area is 195 Å². The summed E-state index contributed by atoms with van der Waals surface area (Å²) < 4.78 is 0. The fraction of sp³-hybridized carbons (Fsp3) is 0.500. The number of phenols is 1. The van der Waals surface area contributed by atoms with E-state index in [1.807, 2.05) is 0 Å². The molecule has 0 saturated heterocycles. The number of carbonyl (C=O) groups excluding carboxylic acids is 5. The monoisotopic (exact) mass is 479 g/mol. The number of amides is 1. The van der Waals surface area contributed by atoms with E-state index in [1.54, 1.807) is 13.0 Å². The van der Waals surface area contributed by atoms with Gasteiger partial charge in [0.2, 0.25) is 5.91 Å². The first-order chi connectivity index (χ1) is 14.9. The van der Waals surface area contributed by atoms with Gasteiger partial charge in [0.25, 0.3) is 0 Å². The summed E-state index contributed by atoms with van der Waals surface area (Å²) in [5.74, 6) is -13.1. The van der Waals surface area contributed by atoms with Crippen molar-refractivity contribution in [3.05, 3.63) is 29.3 Å². The largest absolute Gasteiger partial charge is 1.00 e. The number of benzene rings is 1. The Hall–Kier alpha value is -2.66. The van der Waals surface area contributed by atoms with Crippen molar-refractivity contribution in [3.63, 3.8) is 0 Å². The minimum absolute atomic E-state index is 0. The maximum Gasteiger partial charge on any atom is 0.235 e. The average Bonchev–Trinajstić information content (AvgIpc) is 2.70. The van der Waals surface area contributed by atoms with Crippen LogP contribution in [0.1, 0.15) is 28.8 Å². The number of likely N-dealkylation sites (N-methyl/N-ethyl adjacent to an activating group) is 1. The summed E-state index contributed by atoms with van der Waals surface area (Å²) in [5, 5.41) is 33.1. The Morgan fingerprint density at radius 1 is 1.12 bits per heavy atom. The van der Waals surface area contributed by atoms with Crippen LogP contribution in [0.4, 0.5) is 0 Å². The van der Waals surface area contributed by atoms with Crippen LogP contribution in [0.2, 0.25) is 0 Å². The maximum absolute atomic E-state index is 13.6. The number of halogens is 1. The van der Waals surface area contributed by atoms with Gasteiger partial charge in [0.1, 0.15) is 5.75 Å². The van der Waals surface area contributed by atoms with E-state index in [0.717, 1.165) is 0 Å². The fourth-order valence-corrected chi connectivity index (χ4v) is 5.95. The van der Waals surface area contributed by atoms with E-state index in [0.29, 0.717) is 5.56 Å². The summed E-state index contributed by atoms with van der Waals surface area (Å²) in [7, 11) is 2.89. The normalized spacial score (nSPS) is 37.7. The summed E-state index contributed by atoms with van der Waals surface area (Å²) in [5.41, 5.74) is 2.58. The molecule has 0 heterocycles. The van der Waals surface area contributed by atoms with Crippen molar-refractivity contribution < 1.29 is 51.7 Å². The Morgan fingerprint density at radius 2 is 1.73 bits per heavy atom. The van der Waals surface area contributed by atoms with Crippen molar-refractivity contribution >= 4 is 29.0 Å². The summed E-state index contributed by atoms with van der Waals surface area (Å²) in [6.45, 7) is 1.66. The number of carbonyl (C=O) groups is 5. The maximum atomic E-state index is 13.6. The number of primary amides is 1. The molecule has 8 unspecified atom stereocenters. The standard InChI is InChI=1S/C22H24N2O8.ClH/c1-7-8-5-4-6-9(25)11(8)16(26)12-10(7)17(27)14-15(24(2)3)18(28)13(21(23)31)20(30)22(14,32)19(12)29;/h4-7,10,12-15,17,25,27,32H,1-3H3,(H2,23,31);1H/p-1. The molecule has 0 radical (unpaired) electrons. The van der Waals surface area contributed by atoms with Gasteiger partial charge in [-0.1, -0.05) is 19.1 Å². The molecule has 2 saturated carbocycles. The van der Waals surface area contributed by atoms with Gasteiger partial charge in [0.15, 0.2) is 34.7 Å². The highest BCUT2D eigenvalue weighted by atomic mass is 35.5. The van der Waals surface area contributed by atoms with Gasteiger partial charge in [-0.3, -0.25) is 28.9 Å². The number of hydrogen-bond donors (Lipinski definition) is 4. The summed E-state index contributed by atoms with van der Waals surface area (Å²) in [6.07, 6.45) is -1.62. The molecule has 0 aliphatic heterocycles. The van der Waals surface area contributed by atoms with Crippen LogP contribution >= 0.6 is 0 Å². The van der Waals surface area contributed by atoms with Crippen LogP contribution < -0.4 is 18.1 Å². The number of fused-ring (bicyclic) bond motifs is 3. The van der Waals surface area contributed by atoms with Crippen LogP contribution in [0, 0.1) is 23.7 Å². The molecule has 33 heavy (non-hydrogen) atoms. The first-order valence-corrected chi connectivity index (χ1v) is 10.2. The number of hydrogen-bond acceptors (Lipinski definition) is 9. The smallest absolute Gasteiger partial charge is 0.235 e. The van der Waals surface area contributed by atoms with Crippen LogP contribution in [0.5, 0.6) is 5.75 Å². The van der Waals surface area contributed by atoms with Crippen LogP contribution in [-0.4, -0.2) is 81.1 Å². The topological polar surface area (TPSA) is 175 Å². The molecule has 1 amide bonds. The number of Topliss-reactive ketones (excluding diaryl/α,β-unsaturated/α-hetero) is 4. The number of phenolic OH excluding ortho intramolecular Hbond substituents is 1. The van der Waals surface area contributed by atoms with Gasteiger partial charge in [0, 0.05) is 5.92 Å². The van der Waals surface area contributed by atoms with Gasteiger partial charge in [-0.25, -0.2) is 0 Å². The van der Waals surface area contributed by atoms with E-state index in [9.17, 15) is 39.3 Å². The van der Waals surface area contributed by atoms with Gasteiger partial charge < -0.3 is 33.5 Å². The molecule has 0 spiro atoms. The highest BCUT2D eigenvalue weighted by Crippen LogP contribution is 2.54. The van der Waals surface area contributed by atoms with Crippen LogP contribution in [0.3, 0.4) is 0 Å². The number of rotatable bonds is 2. The van der Waals surface area contributed by atoms with E-state index in [1.165, 1.54) is 31.1 Å². The van der Waals surface area contributed by atoms with Crippen molar-refractivity contribution in [2.45, 2.75) is 30.6 Å². The zero-order valence-electron chi connectivity index (χ0n) is 18.1. The predicted octanol–water partition coefficient (Wildman–Crippen LogP) is -4.60. The average molecular weight is 480 g/mol. The minimum atomic E-state index is -2.97. The number of aliphatic hydroxyl groups excluding tert-OH is 1. The Balaban J connectivity index is 0.00000306. The molecule has 4 rings (SSSR count). The molecular formula is C22H24ClN2O8-. The molecule has 11 heteroatoms. The van der Waals surface area contributed by atoms with Crippen LogP contribution in [0.25, 0.3) is 0 Å². The number of nitrogens with zero attached hydrogens (tertiary/aromatic N) is 1. The third kappa shape index (κ3) is 3.01. The van der Waals surface area contributed by atoms with Gasteiger partial charge in [-0.05, 0) is 31.6 Å². The fourth-order valence-electron chi connectivity index (χ4n) is 5.95. The Bertz CT molecular complexity index is 1090. The van der Waals surface area contributed by atoms with Gasteiger partial charge in [-0.2, -0.15) is 0 Å². The van der Waals surface area contributed by atoms with Crippen molar-refractivity contribution in [3.8, 4) is 5.75 Å². The predicted molar refractivity (Wildman–Crippen MR) is 107 cm³/mol. The quantitative estimate of drug-likeness (QED) is 0.304. The lowest BCUT2D eigenvalue weighted by Gasteiger charge is -2.55. The number of nitrogens with two attached hydrogens (primary N) is 1. The molecule has 178 valence electrons. The van der Waals surface area contributed by atoms with Gasteiger partial charge in [-0.15, -0.1) is 0 Å². The second-order valence-electron chi connectivity index (χ2n) is 9.11. The van der Waals surface area contributed by atoms with E-state index in [2.05, 4.69) is 0 Å². The third-order valence-corrected chi connectivity index (χ3v) is 7.35. The first kappa shape index (κ1) is 25.0. The van der Waals surface area contributed by atoms with Crippen molar-refractivity contribution in [1.82, 2.24) is 4.90 Å². The van der Waals surface area contributed by atoms with Crippen molar-refractivity contribution in [1.29, 1.82) is 0 Å². The molecule has 0 bridgehead atoms. The summed E-state index contributed by atoms with van der Waals surface area (Å²) in [6, 6.07) is 3.03. The second kappa shape index (κ2) is 7.98. The molecule has 0 aromatic heterocycles. The van der Waals surface area contributed by atoms with Crippen LogP contribution in [0.15, 0.2) is 18.2 Å². The first-order valence-electron chi connectivity index (χ1n) is 10.2. The Kier molecular flexibility index (Phi) is 6.04. The molecule has 2 fully saturated rings. The number of aromatic hydroxyl groups is 1. The number of ketones is 4. The van der Waals surface area contributed by atoms with E-state index < -0.39 is 76.4 Å². The zero-order chi connectivity index (χ0) is 23.9. The van der Waals surface area contributed by atoms with Crippen molar-refractivity contribution in [2.24, 2.45) is 29.4 Å². The molecule has 5 N–H and O–H groups in total. The van der Waals surface area contributed by atoms with E-state index >= 15 is 0 Å². The zero-order valence-corrected chi connectivity index (χ0v) is 18.8. The summed E-state index contributed by atoms with van der Waals surface area (Å²) >= 11 is 0. The molecule has 1 aromatic carbocycles. The highest BCUT2D eigenvalue weighted by molar-refractivity contribution is 6.32. The van der Waals surface area contributed by atoms with Gasteiger partial charge in [0.05, 0.1) is 29.5 Å². The van der Waals surface area contributed by atoms with Crippen LogP contribution in [-0.2, 0) is 19.2 Å². The molecule has 10 nitrogen and oxygen atoms in total. The highest BCUT2D eigenvalue weighted by Gasteiger charge is 2.72. The molecule has 3 aliphatic carbocycles. The minimum Gasteiger partial charge on any atom is -1.00 e. The lowest BCUT2D eigenvalue weighted by molar-refractivity contribution is -0.196. The van der Waals surface area contributed by atoms with Gasteiger partial charge >= 0.3 is 0 Å². The lowest BCUT2D eigenvalue weighted by atomic mass is 9.49.